The maximum absolute atomic E-state index is 11.9. The lowest BCUT2D eigenvalue weighted by Crippen LogP contribution is -2.29. The molecule has 0 unspecified atom stereocenters. The molecule has 0 spiro atoms. The number of hydrogen-bond acceptors (Lipinski definition) is 4. The number of ether oxygens (including phenoxy) is 2. The monoisotopic (exact) mass is 328 g/mol. The van der Waals surface area contributed by atoms with Gasteiger partial charge in [-0.3, -0.25) is 4.79 Å². The second-order valence-corrected chi connectivity index (χ2v) is 5.31. The number of rotatable bonds is 10. The molecule has 1 aromatic carbocycles. The van der Waals surface area contributed by atoms with Gasteiger partial charge in [-0.25, -0.2) is 0 Å². The first-order valence-electron chi connectivity index (χ1n) is 7.51. The lowest BCUT2D eigenvalue weighted by molar-refractivity contribution is -0.115. The predicted molar refractivity (Wildman–Crippen MR) is 89.9 cm³/mol. The molecule has 1 aromatic rings. The van der Waals surface area contributed by atoms with Gasteiger partial charge in [-0.1, -0.05) is 12.1 Å². The highest BCUT2D eigenvalue weighted by molar-refractivity contribution is 5.93. The van der Waals surface area contributed by atoms with Crippen LogP contribution in [0.3, 0.4) is 0 Å². The number of amides is 1. The summed E-state index contributed by atoms with van der Waals surface area (Å²) in [6.45, 7) is 2.51. The molecule has 1 saturated carbocycles. The van der Waals surface area contributed by atoms with Gasteiger partial charge in [0.1, 0.15) is 5.75 Å². The van der Waals surface area contributed by atoms with E-state index in [0.29, 0.717) is 31.2 Å². The highest BCUT2D eigenvalue weighted by Crippen LogP contribution is 2.27. The molecule has 1 aliphatic rings. The normalized spacial score (nSPS) is 13.3. The summed E-state index contributed by atoms with van der Waals surface area (Å²) in [5.41, 5.74) is 0.716. The van der Waals surface area contributed by atoms with Crippen molar-refractivity contribution in [1.82, 2.24) is 5.32 Å². The Kier molecular flexibility index (Phi) is 8.89. The minimum atomic E-state index is -0.0383. The largest absolute Gasteiger partial charge is 0.491 e. The van der Waals surface area contributed by atoms with Gasteiger partial charge < -0.3 is 20.1 Å². The minimum absolute atomic E-state index is 0. The predicted octanol–water partition coefficient (Wildman–Crippen LogP) is 2.46. The second-order valence-electron chi connectivity index (χ2n) is 5.31. The van der Waals surface area contributed by atoms with Crippen LogP contribution in [0.4, 0.5) is 5.69 Å². The van der Waals surface area contributed by atoms with E-state index < -0.39 is 0 Å². The van der Waals surface area contributed by atoms with Crippen molar-refractivity contribution in [2.24, 2.45) is 5.92 Å². The Morgan fingerprint density at radius 2 is 2.05 bits per heavy atom. The molecule has 2 N–H and O–H groups in total. The topological polar surface area (TPSA) is 59.6 Å². The highest BCUT2D eigenvalue weighted by atomic mass is 35.5. The van der Waals surface area contributed by atoms with Crippen LogP contribution >= 0.6 is 12.4 Å². The average Bonchev–Trinajstić information content (AvgIpc) is 3.29. The number of carbonyl (C=O) groups excluding carboxylic acids is 1. The third kappa shape index (κ3) is 7.11. The van der Waals surface area contributed by atoms with Crippen LogP contribution in [0.15, 0.2) is 24.3 Å². The zero-order chi connectivity index (χ0) is 14.9. The lowest BCUT2D eigenvalue weighted by Gasteiger charge is -2.12. The van der Waals surface area contributed by atoms with Crippen LogP contribution in [0.25, 0.3) is 0 Å². The molecule has 1 amide bonds. The lowest BCUT2D eigenvalue weighted by atomic mass is 10.3. The van der Waals surface area contributed by atoms with Gasteiger partial charge in [0, 0.05) is 20.1 Å². The number of hydrogen-bond donors (Lipinski definition) is 2. The van der Waals surface area contributed by atoms with Crippen molar-refractivity contribution < 1.29 is 14.3 Å². The van der Waals surface area contributed by atoms with E-state index in [-0.39, 0.29) is 18.3 Å². The molecule has 0 aromatic heterocycles. The summed E-state index contributed by atoms with van der Waals surface area (Å²) in [5.74, 6) is 1.43. The van der Waals surface area contributed by atoms with Gasteiger partial charge in [0.2, 0.25) is 5.91 Å². The van der Waals surface area contributed by atoms with Crippen molar-refractivity contribution >= 4 is 24.0 Å². The van der Waals surface area contributed by atoms with Gasteiger partial charge in [0.15, 0.2) is 0 Å². The van der Waals surface area contributed by atoms with E-state index in [4.69, 9.17) is 9.47 Å². The van der Waals surface area contributed by atoms with E-state index in [9.17, 15) is 4.79 Å². The number of nitrogens with one attached hydrogen (secondary N) is 2. The quantitative estimate of drug-likeness (QED) is 0.648. The number of para-hydroxylation sites is 2. The Morgan fingerprint density at radius 1 is 1.27 bits per heavy atom. The molecular formula is C16H25ClN2O3. The summed E-state index contributed by atoms with van der Waals surface area (Å²) < 4.78 is 10.7. The summed E-state index contributed by atoms with van der Waals surface area (Å²) in [5, 5.41) is 6.07. The Balaban J connectivity index is 0.00000242. The summed E-state index contributed by atoms with van der Waals surface area (Å²) in [7, 11) is 1.67. The number of halogens is 1. The van der Waals surface area contributed by atoms with Crippen LogP contribution in [-0.4, -0.2) is 39.3 Å². The van der Waals surface area contributed by atoms with E-state index in [1.165, 1.54) is 12.8 Å². The average molecular weight is 329 g/mol. The molecule has 6 heteroatoms. The van der Waals surface area contributed by atoms with E-state index >= 15 is 0 Å². The first kappa shape index (κ1) is 18.7. The summed E-state index contributed by atoms with van der Waals surface area (Å²) in [4.78, 5) is 11.9. The number of methoxy groups -OCH3 is 1. The van der Waals surface area contributed by atoms with Crippen molar-refractivity contribution in [2.45, 2.75) is 19.3 Å². The molecule has 0 aliphatic heterocycles. The smallest absolute Gasteiger partial charge is 0.238 e. The van der Waals surface area contributed by atoms with Gasteiger partial charge in [-0.2, -0.15) is 0 Å². The molecule has 0 atom stereocenters. The molecule has 0 heterocycles. The number of benzene rings is 1. The summed E-state index contributed by atoms with van der Waals surface area (Å²) in [6, 6.07) is 7.49. The number of anilines is 1. The van der Waals surface area contributed by atoms with Gasteiger partial charge in [0.25, 0.3) is 0 Å². The van der Waals surface area contributed by atoms with Crippen LogP contribution in [0, 0.1) is 5.92 Å². The SMILES string of the molecule is COCCCOc1ccccc1NC(=O)CNCC1CC1.Cl. The second kappa shape index (κ2) is 10.4. The molecule has 0 radical (unpaired) electrons. The highest BCUT2D eigenvalue weighted by Gasteiger charge is 2.20. The fourth-order valence-corrected chi connectivity index (χ4v) is 1.99. The van der Waals surface area contributed by atoms with E-state index in [0.717, 1.165) is 18.9 Å². The first-order chi connectivity index (χ1) is 10.3. The zero-order valence-electron chi connectivity index (χ0n) is 13.0. The van der Waals surface area contributed by atoms with Crippen molar-refractivity contribution in [1.29, 1.82) is 0 Å². The molecular weight excluding hydrogens is 304 g/mol. The molecule has 0 saturated heterocycles. The van der Waals surface area contributed by atoms with E-state index in [1.807, 2.05) is 24.3 Å². The molecule has 124 valence electrons. The Labute approximate surface area is 138 Å². The molecule has 0 bridgehead atoms. The molecule has 1 fully saturated rings. The van der Waals surface area contributed by atoms with Crippen LogP contribution < -0.4 is 15.4 Å². The maximum Gasteiger partial charge on any atom is 0.238 e. The molecule has 2 rings (SSSR count). The van der Waals surface area contributed by atoms with Gasteiger partial charge in [0.05, 0.1) is 18.8 Å². The molecule has 1 aliphatic carbocycles. The van der Waals surface area contributed by atoms with Gasteiger partial charge in [-0.15, -0.1) is 12.4 Å². The third-order valence-electron chi connectivity index (χ3n) is 3.33. The van der Waals surface area contributed by atoms with Crippen molar-refractivity contribution in [3.8, 4) is 5.75 Å². The fourth-order valence-electron chi connectivity index (χ4n) is 1.99. The molecule has 5 nitrogen and oxygen atoms in total. The zero-order valence-corrected chi connectivity index (χ0v) is 13.8. The third-order valence-corrected chi connectivity index (χ3v) is 3.33. The van der Waals surface area contributed by atoms with Crippen LogP contribution in [0.5, 0.6) is 5.75 Å². The summed E-state index contributed by atoms with van der Waals surface area (Å²) in [6.07, 6.45) is 3.39. The summed E-state index contributed by atoms with van der Waals surface area (Å²) >= 11 is 0. The minimum Gasteiger partial charge on any atom is -0.491 e. The fraction of sp³-hybridized carbons (Fsp3) is 0.562. The maximum atomic E-state index is 11.9. The van der Waals surface area contributed by atoms with Crippen molar-refractivity contribution in [3.05, 3.63) is 24.3 Å². The first-order valence-corrected chi connectivity index (χ1v) is 7.51. The van der Waals surface area contributed by atoms with Crippen LogP contribution in [0.2, 0.25) is 0 Å². The molecule has 22 heavy (non-hydrogen) atoms. The Morgan fingerprint density at radius 3 is 2.77 bits per heavy atom. The van der Waals surface area contributed by atoms with E-state index in [2.05, 4.69) is 10.6 Å². The van der Waals surface area contributed by atoms with Crippen molar-refractivity contribution in [2.75, 3.05) is 38.7 Å². The standard InChI is InChI=1S/C16H24N2O3.ClH/c1-20-9-4-10-21-15-6-3-2-5-14(15)18-16(19)12-17-11-13-7-8-13;/h2-3,5-6,13,17H,4,7-12H2,1H3,(H,18,19);1H. The van der Waals surface area contributed by atoms with Gasteiger partial charge in [-0.05, 0) is 37.4 Å². The van der Waals surface area contributed by atoms with Crippen LogP contribution in [0.1, 0.15) is 19.3 Å². The van der Waals surface area contributed by atoms with Crippen molar-refractivity contribution in [3.63, 3.8) is 0 Å². The Bertz CT molecular complexity index is 453. The van der Waals surface area contributed by atoms with Crippen LogP contribution in [-0.2, 0) is 9.53 Å². The number of carbonyl (C=O) groups is 1. The van der Waals surface area contributed by atoms with Gasteiger partial charge >= 0.3 is 0 Å². The van der Waals surface area contributed by atoms with E-state index in [1.54, 1.807) is 7.11 Å². The Hall–Kier alpha value is -1.30.